The van der Waals surface area contributed by atoms with Gasteiger partial charge in [-0.2, -0.15) is 0 Å². The Labute approximate surface area is 114 Å². The lowest BCUT2D eigenvalue weighted by Crippen LogP contribution is -2.11. The summed E-state index contributed by atoms with van der Waals surface area (Å²) >= 11 is 0. The summed E-state index contributed by atoms with van der Waals surface area (Å²) < 4.78 is 5.94. The monoisotopic (exact) mass is 250 g/mol. The van der Waals surface area contributed by atoms with E-state index in [2.05, 4.69) is 61.2 Å². The van der Waals surface area contributed by atoms with Crippen LogP contribution in [0.3, 0.4) is 0 Å². The Morgan fingerprint density at radius 3 is 2.26 bits per heavy atom. The van der Waals surface area contributed by atoms with Gasteiger partial charge in [-0.05, 0) is 23.1 Å². The third-order valence-corrected chi connectivity index (χ3v) is 3.76. The first-order chi connectivity index (χ1) is 9.34. The molecular formula is C18H18O. The molecule has 1 saturated heterocycles. The summed E-state index contributed by atoms with van der Waals surface area (Å²) in [6, 6.07) is 21.0. The molecule has 0 amide bonds. The SMILES string of the molecule is C=C1CO[C@@H](c2ccccc2)[C@@H]1Cc1ccccc1. The van der Waals surface area contributed by atoms with Gasteiger partial charge in [0, 0.05) is 5.92 Å². The first kappa shape index (κ1) is 12.2. The van der Waals surface area contributed by atoms with Crippen LogP contribution in [0.4, 0.5) is 0 Å². The summed E-state index contributed by atoms with van der Waals surface area (Å²) in [5.41, 5.74) is 3.81. The van der Waals surface area contributed by atoms with Crippen molar-refractivity contribution >= 4 is 0 Å². The molecule has 1 fully saturated rings. The van der Waals surface area contributed by atoms with E-state index in [9.17, 15) is 0 Å². The molecule has 1 aliphatic rings. The Hall–Kier alpha value is -1.86. The number of rotatable bonds is 3. The molecule has 1 heteroatoms. The highest BCUT2D eigenvalue weighted by Crippen LogP contribution is 2.39. The minimum absolute atomic E-state index is 0.147. The van der Waals surface area contributed by atoms with Gasteiger partial charge in [0.2, 0.25) is 0 Å². The van der Waals surface area contributed by atoms with Gasteiger partial charge in [-0.1, -0.05) is 67.2 Å². The zero-order chi connectivity index (χ0) is 13.1. The van der Waals surface area contributed by atoms with Gasteiger partial charge in [-0.15, -0.1) is 0 Å². The Morgan fingerprint density at radius 1 is 0.947 bits per heavy atom. The predicted molar refractivity (Wildman–Crippen MR) is 77.9 cm³/mol. The second kappa shape index (κ2) is 5.41. The lowest BCUT2D eigenvalue weighted by molar-refractivity contribution is 0.0911. The van der Waals surface area contributed by atoms with E-state index >= 15 is 0 Å². The normalized spacial score (nSPS) is 22.6. The molecule has 96 valence electrons. The lowest BCUT2D eigenvalue weighted by Gasteiger charge is -2.19. The smallest absolute Gasteiger partial charge is 0.0898 e. The molecule has 2 atom stereocenters. The van der Waals surface area contributed by atoms with Gasteiger partial charge in [0.25, 0.3) is 0 Å². The second-order valence-electron chi connectivity index (χ2n) is 5.10. The van der Waals surface area contributed by atoms with Crippen LogP contribution in [0.25, 0.3) is 0 Å². The zero-order valence-corrected chi connectivity index (χ0v) is 11.0. The predicted octanol–water partition coefficient (Wildman–Crippen LogP) is 4.17. The fourth-order valence-electron chi connectivity index (χ4n) is 2.72. The highest BCUT2D eigenvalue weighted by Gasteiger charge is 2.32. The van der Waals surface area contributed by atoms with Gasteiger partial charge in [-0.3, -0.25) is 0 Å². The maximum atomic E-state index is 5.94. The lowest BCUT2D eigenvalue weighted by atomic mass is 9.87. The Bertz CT molecular complexity index is 544. The molecule has 3 rings (SSSR count). The summed E-state index contributed by atoms with van der Waals surface area (Å²) in [6.07, 6.45) is 1.15. The van der Waals surface area contributed by atoms with Crippen LogP contribution in [0.5, 0.6) is 0 Å². The fourth-order valence-corrected chi connectivity index (χ4v) is 2.72. The van der Waals surface area contributed by atoms with E-state index in [4.69, 9.17) is 4.74 Å². The highest BCUT2D eigenvalue weighted by molar-refractivity contribution is 5.27. The number of ether oxygens (including phenoxy) is 1. The topological polar surface area (TPSA) is 9.23 Å². The van der Waals surface area contributed by atoms with Crippen LogP contribution in [0, 0.1) is 5.92 Å². The van der Waals surface area contributed by atoms with E-state index in [1.807, 2.05) is 6.07 Å². The molecule has 0 spiro atoms. The number of benzene rings is 2. The van der Waals surface area contributed by atoms with Crippen molar-refractivity contribution in [3.63, 3.8) is 0 Å². The number of hydrogen-bond acceptors (Lipinski definition) is 1. The van der Waals surface area contributed by atoms with Crippen LogP contribution in [0.2, 0.25) is 0 Å². The van der Waals surface area contributed by atoms with Gasteiger partial charge in [-0.25, -0.2) is 0 Å². The molecule has 0 bridgehead atoms. The van der Waals surface area contributed by atoms with Gasteiger partial charge in [0.05, 0.1) is 12.7 Å². The van der Waals surface area contributed by atoms with E-state index in [0.29, 0.717) is 12.5 Å². The molecule has 2 aromatic carbocycles. The molecule has 0 saturated carbocycles. The maximum absolute atomic E-state index is 5.94. The quantitative estimate of drug-likeness (QED) is 0.743. The standard InChI is InChI=1S/C18H18O/c1-14-13-19-18(16-10-6-3-7-11-16)17(14)12-15-8-4-2-5-9-15/h2-11,17-18H,1,12-13H2/t17-,18+/m1/s1. The summed E-state index contributed by atoms with van der Waals surface area (Å²) in [4.78, 5) is 0. The van der Waals surface area contributed by atoms with Crippen molar-refractivity contribution in [1.82, 2.24) is 0 Å². The Kier molecular flexibility index (Phi) is 3.47. The van der Waals surface area contributed by atoms with E-state index < -0.39 is 0 Å². The third-order valence-electron chi connectivity index (χ3n) is 3.76. The van der Waals surface area contributed by atoms with Crippen molar-refractivity contribution in [3.8, 4) is 0 Å². The van der Waals surface area contributed by atoms with Gasteiger partial charge < -0.3 is 4.74 Å². The first-order valence-electron chi connectivity index (χ1n) is 6.73. The van der Waals surface area contributed by atoms with Crippen molar-refractivity contribution in [2.24, 2.45) is 5.92 Å². The molecule has 0 aliphatic carbocycles. The van der Waals surface area contributed by atoms with Crippen LogP contribution < -0.4 is 0 Å². The van der Waals surface area contributed by atoms with Gasteiger partial charge in [0.15, 0.2) is 0 Å². The molecule has 19 heavy (non-hydrogen) atoms. The van der Waals surface area contributed by atoms with E-state index in [-0.39, 0.29) is 6.10 Å². The molecule has 1 nitrogen and oxygen atoms in total. The Morgan fingerprint density at radius 2 is 1.58 bits per heavy atom. The third kappa shape index (κ3) is 2.61. The molecule has 1 heterocycles. The largest absolute Gasteiger partial charge is 0.369 e. The number of hydrogen-bond donors (Lipinski definition) is 0. The van der Waals surface area contributed by atoms with Gasteiger partial charge in [0.1, 0.15) is 0 Å². The average Bonchev–Trinajstić information content (AvgIpc) is 2.82. The molecule has 0 aromatic heterocycles. The molecule has 2 aromatic rings. The molecule has 0 N–H and O–H groups in total. The fraction of sp³-hybridized carbons (Fsp3) is 0.222. The van der Waals surface area contributed by atoms with Crippen molar-refractivity contribution < 1.29 is 4.74 Å². The van der Waals surface area contributed by atoms with Crippen LogP contribution in [0.1, 0.15) is 17.2 Å². The van der Waals surface area contributed by atoms with Crippen molar-refractivity contribution in [2.45, 2.75) is 12.5 Å². The summed E-state index contributed by atoms with van der Waals surface area (Å²) in [7, 11) is 0. The zero-order valence-electron chi connectivity index (χ0n) is 11.0. The minimum atomic E-state index is 0.147. The maximum Gasteiger partial charge on any atom is 0.0898 e. The van der Waals surface area contributed by atoms with E-state index in [1.54, 1.807) is 0 Å². The second-order valence-corrected chi connectivity index (χ2v) is 5.10. The summed E-state index contributed by atoms with van der Waals surface area (Å²) in [5, 5.41) is 0. The summed E-state index contributed by atoms with van der Waals surface area (Å²) in [6.45, 7) is 4.86. The minimum Gasteiger partial charge on any atom is -0.369 e. The van der Waals surface area contributed by atoms with Crippen LogP contribution >= 0.6 is 0 Å². The van der Waals surface area contributed by atoms with Crippen molar-refractivity contribution in [3.05, 3.63) is 83.9 Å². The molecule has 0 radical (unpaired) electrons. The van der Waals surface area contributed by atoms with Gasteiger partial charge >= 0.3 is 0 Å². The van der Waals surface area contributed by atoms with Crippen molar-refractivity contribution in [2.75, 3.05) is 6.61 Å². The van der Waals surface area contributed by atoms with Crippen LogP contribution in [-0.4, -0.2) is 6.61 Å². The molecular weight excluding hydrogens is 232 g/mol. The van der Waals surface area contributed by atoms with Crippen LogP contribution in [-0.2, 0) is 11.2 Å². The van der Waals surface area contributed by atoms with E-state index in [0.717, 1.165) is 6.42 Å². The van der Waals surface area contributed by atoms with E-state index in [1.165, 1.54) is 16.7 Å². The average molecular weight is 250 g/mol. The Balaban J connectivity index is 1.83. The molecule has 0 unspecified atom stereocenters. The van der Waals surface area contributed by atoms with Crippen molar-refractivity contribution in [1.29, 1.82) is 0 Å². The summed E-state index contributed by atoms with van der Waals surface area (Å²) in [5.74, 6) is 0.379. The first-order valence-corrected chi connectivity index (χ1v) is 6.73. The highest BCUT2D eigenvalue weighted by atomic mass is 16.5. The van der Waals surface area contributed by atoms with Crippen LogP contribution in [0.15, 0.2) is 72.8 Å². The molecule has 1 aliphatic heterocycles.